The molecular weight excluding hydrogens is 266 g/mol. The highest BCUT2D eigenvalue weighted by molar-refractivity contribution is 5.67. The smallest absolute Gasteiger partial charge is 0.405 e. The summed E-state index contributed by atoms with van der Waals surface area (Å²) in [7, 11) is 0. The largest absolute Gasteiger partial charge is 0.469 e. The maximum Gasteiger partial charge on any atom is 0.405 e. The van der Waals surface area contributed by atoms with Gasteiger partial charge in [-0.3, -0.25) is 0 Å². The number of carbonyl (C=O) groups excluding carboxylic acids is 1. The Morgan fingerprint density at radius 1 is 1.33 bits per heavy atom. The first kappa shape index (κ1) is 13.7. The van der Waals surface area contributed by atoms with E-state index in [4.69, 9.17) is 14.9 Å². The summed E-state index contributed by atoms with van der Waals surface area (Å²) < 4.78 is 10.7. The van der Waals surface area contributed by atoms with Gasteiger partial charge in [0.2, 0.25) is 0 Å². The van der Waals surface area contributed by atoms with E-state index in [1.165, 1.54) is 5.56 Å². The number of amides is 1. The highest BCUT2D eigenvalue weighted by atomic mass is 16.6. The Labute approximate surface area is 123 Å². The third-order valence-corrected chi connectivity index (χ3v) is 4.08. The van der Waals surface area contributed by atoms with Gasteiger partial charge in [-0.25, -0.2) is 4.79 Å². The number of hydrogen-bond acceptors (Lipinski definition) is 3. The van der Waals surface area contributed by atoms with E-state index < -0.39 is 6.09 Å². The summed E-state index contributed by atoms with van der Waals surface area (Å²) in [6, 6.07) is 8.21. The lowest BCUT2D eigenvalue weighted by atomic mass is 9.87. The zero-order valence-corrected chi connectivity index (χ0v) is 12.5. The van der Waals surface area contributed by atoms with Crippen molar-refractivity contribution in [1.82, 2.24) is 0 Å². The second-order valence-corrected chi connectivity index (χ2v) is 6.34. The normalized spacial score (nSPS) is 19.3. The number of furan rings is 1. The molecule has 0 fully saturated rings. The average Bonchev–Trinajstić information content (AvgIpc) is 2.91. The number of rotatable bonds is 2. The summed E-state index contributed by atoms with van der Waals surface area (Å²) in [4.78, 5) is 11.1. The zero-order chi connectivity index (χ0) is 15.2. The molecule has 0 radical (unpaired) electrons. The molecule has 0 aliphatic heterocycles. The first-order chi connectivity index (χ1) is 9.87. The fourth-order valence-electron chi connectivity index (χ4n) is 3.13. The molecular formula is C17H19NO3. The molecule has 1 heterocycles. The number of carbonyl (C=O) groups is 1. The van der Waals surface area contributed by atoms with Gasteiger partial charge < -0.3 is 14.9 Å². The molecule has 2 N–H and O–H groups in total. The Kier molecular flexibility index (Phi) is 3.04. The Hall–Kier alpha value is -2.23. The van der Waals surface area contributed by atoms with E-state index in [1.807, 2.05) is 25.1 Å². The van der Waals surface area contributed by atoms with Crippen LogP contribution in [0.25, 0.3) is 11.1 Å². The van der Waals surface area contributed by atoms with E-state index in [1.54, 1.807) is 6.26 Å². The van der Waals surface area contributed by atoms with Crippen LogP contribution in [0.15, 0.2) is 34.9 Å². The summed E-state index contributed by atoms with van der Waals surface area (Å²) in [6.45, 7) is 6.10. The Morgan fingerprint density at radius 3 is 2.71 bits per heavy atom. The van der Waals surface area contributed by atoms with Crippen molar-refractivity contribution in [1.29, 1.82) is 0 Å². The summed E-state index contributed by atoms with van der Waals surface area (Å²) in [5.41, 5.74) is 9.47. The van der Waals surface area contributed by atoms with E-state index in [0.717, 1.165) is 28.9 Å². The minimum absolute atomic E-state index is 0.150. The van der Waals surface area contributed by atoms with Crippen molar-refractivity contribution in [2.24, 2.45) is 11.1 Å². The molecule has 4 nitrogen and oxygen atoms in total. The molecule has 0 bridgehead atoms. The highest BCUT2D eigenvalue weighted by Crippen LogP contribution is 2.48. The number of aryl methyl sites for hydroxylation is 1. The fourth-order valence-corrected chi connectivity index (χ4v) is 3.13. The minimum atomic E-state index is -0.726. The molecule has 21 heavy (non-hydrogen) atoms. The van der Waals surface area contributed by atoms with Gasteiger partial charge in [-0.2, -0.15) is 0 Å². The predicted molar refractivity (Wildman–Crippen MR) is 79.8 cm³/mol. The Bertz CT molecular complexity index is 700. The number of hydrogen-bond donors (Lipinski definition) is 1. The van der Waals surface area contributed by atoms with Gasteiger partial charge in [-0.05, 0) is 36.1 Å². The standard InChI is InChI=1S/C17H19NO3/c1-10-6-13(9-20-10)11-4-5-14-12(7-11)8-17(2,3)15(14)21-16(18)19/h4-7,9,15H,8H2,1-3H3,(H2,18,19). The maximum absolute atomic E-state index is 11.1. The summed E-state index contributed by atoms with van der Waals surface area (Å²) in [6.07, 6.45) is 1.60. The maximum atomic E-state index is 11.1. The third-order valence-electron chi connectivity index (χ3n) is 4.08. The summed E-state index contributed by atoms with van der Waals surface area (Å²) >= 11 is 0. The molecule has 1 aliphatic rings. The lowest BCUT2D eigenvalue weighted by Gasteiger charge is -2.26. The van der Waals surface area contributed by atoms with Gasteiger partial charge in [0, 0.05) is 11.0 Å². The molecule has 0 saturated heterocycles. The van der Waals surface area contributed by atoms with Crippen molar-refractivity contribution in [3.05, 3.63) is 47.4 Å². The van der Waals surface area contributed by atoms with E-state index in [-0.39, 0.29) is 11.5 Å². The first-order valence-electron chi connectivity index (χ1n) is 7.01. The van der Waals surface area contributed by atoms with Gasteiger partial charge in [-0.15, -0.1) is 0 Å². The Morgan fingerprint density at radius 2 is 2.10 bits per heavy atom. The van der Waals surface area contributed by atoms with Crippen molar-refractivity contribution < 1.29 is 13.9 Å². The molecule has 0 saturated carbocycles. The lowest BCUT2D eigenvalue weighted by molar-refractivity contribution is 0.0392. The lowest BCUT2D eigenvalue weighted by Crippen LogP contribution is -2.25. The fraction of sp³-hybridized carbons (Fsp3) is 0.353. The van der Waals surface area contributed by atoms with Gasteiger partial charge >= 0.3 is 6.09 Å². The molecule has 2 aromatic rings. The van der Waals surface area contributed by atoms with Crippen molar-refractivity contribution in [2.75, 3.05) is 0 Å². The SMILES string of the molecule is Cc1cc(-c2ccc3c(c2)CC(C)(C)C3OC(N)=O)co1. The molecule has 1 aromatic heterocycles. The molecule has 110 valence electrons. The summed E-state index contributed by atoms with van der Waals surface area (Å²) in [5, 5.41) is 0. The van der Waals surface area contributed by atoms with Crippen LogP contribution >= 0.6 is 0 Å². The molecule has 1 aliphatic carbocycles. The predicted octanol–water partition coefficient (Wildman–Crippen LogP) is 3.97. The van der Waals surface area contributed by atoms with Gasteiger partial charge in [0.25, 0.3) is 0 Å². The van der Waals surface area contributed by atoms with Crippen molar-refractivity contribution in [2.45, 2.75) is 33.3 Å². The van der Waals surface area contributed by atoms with Crippen LogP contribution in [0.2, 0.25) is 0 Å². The second-order valence-electron chi connectivity index (χ2n) is 6.34. The van der Waals surface area contributed by atoms with Gasteiger partial charge in [0.1, 0.15) is 11.9 Å². The van der Waals surface area contributed by atoms with Crippen LogP contribution in [0.3, 0.4) is 0 Å². The van der Waals surface area contributed by atoms with Crippen LogP contribution in [0.4, 0.5) is 4.79 Å². The minimum Gasteiger partial charge on any atom is -0.469 e. The van der Waals surface area contributed by atoms with Crippen molar-refractivity contribution in [3.63, 3.8) is 0 Å². The number of nitrogens with two attached hydrogens (primary N) is 1. The van der Waals surface area contributed by atoms with E-state index >= 15 is 0 Å². The zero-order valence-electron chi connectivity index (χ0n) is 12.5. The quantitative estimate of drug-likeness (QED) is 0.907. The Balaban J connectivity index is 2.00. The van der Waals surface area contributed by atoms with Crippen LogP contribution in [0.5, 0.6) is 0 Å². The van der Waals surface area contributed by atoms with Crippen molar-refractivity contribution >= 4 is 6.09 Å². The highest BCUT2D eigenvalue weighted by Gasteiger charge is 2.41. The monoisotopic (exact) mass is 285 g/mol. The van der Waals surface area contributed by atoms with E-state index in [2.05, 4.69) is 19.9 Å². The van der Waals surface area contributed by atoms with Crippen LogP contribution in [0.1, 0.15) is 36.8 Å². The summed E-state index contributed by atoms with van der Waals surface area (Å²) in [5.74, 6) is 0.890. The van der Waals surface area contributed by atoms with E-state index in [0.29, 0.717) is 0 Å². The van der Waals surface area contributed by atoms with Gasteiger partial charge in [0.15, 0.2) is 0 Å². The van der Waals surface area contributed by atoms with Gasteiger partial charge in [0.05, 0.1) is 6.26 Å². The average molecular weight is 285 g/mol. The number of benzene rings is 1. The molecule has 1 unspecified atom stereocenters. The van der Waals surface area contributed by atoms with Crippen LogP contribution in [-0.2, 0) is 11.2 Å². The number of primary amides is 1. The molecule has 0 spiro atoms. The molecule has 1 atom stereocenters. The third kappa shape index (κ3) is 2.42. The number of fused-ring (bicyclic) bond motifs is 1. The van der Waals surface area contributed by atoms with Crippen LogP contribution in [0, 0.1) is 12.3 Å². The van der Waals surface area contributed by atoms with Crippen molar-refractivity contribution in [3.8, 4) is 11.1 Å². The molecule has 3 rings (SSSR count). The second kappa shape index (κ2) is 4.65. The molecule has 4 heteroatoms. The number of ether oxygens (including phenoxy) is 1. The molecule has 1 aromatic carbocycles. The van der Waals surface area contributed by atoms with E-state index in [9.17, 15) is 4.79 Å². The molecule has 1 amide bonds. The first-order valence-corrected chi connectivity index (χ1v) is 7.01. The topological polar surface area (TPSA) is 65.5 Å². The van der Waals surface area contributed by atoms with Gasteiger partial charge in [-0.1, -0.05) is 32.0 Å². The van der Waals surface area contributed by atoms with Crippen LogP contribution < -0.4 is 5.73 Å². The van der Waals surface area contributed by atoms with Crippen LogP contribution in [-0.4, -0.2) is 6.09 Å².